The van der Waals surface area contributed by atoms with Crippen molar-refractivity contribution in [2.45, 2.75) is 65.2 Å². The minimum atomic E-state index is -4.72. The SMILES string of the molecule is CCCC(CCCCCN)CCOCC.Cn1c(Nc2nc3ccc(OC(F)(F)F)cc3s2)nc2cccnc21. The molecule has 0 radical (unpaired) electrons. The molecule has 0 aliphatic carbocycles. The lowest BCUT2D eigenvalue weighted by Gasteiger charge is -2.15. The number of aromatic nitrogens is 4. The predicted molar refractivity (Wildman–Crippen MR) is 155 cm³/mol. The number of pyridine rings is 1. The van der Waals surface area contributed by atoms with Crippen LogP contribution in [-0.4, -0.2) is 45.6 Å². The summed E-state index contributed by atoms with van der Waals surface area (Å²) in [6.45, 7) is 6.98. The molecule has 3 aromatic heterocycles. The summed E-state index contributed by atoms with van der Waals surface area (Å²) < 4.78 is 48.6. The smallest absolute Gasteiger partial charge is 0.406 e. The van der Waals surface area contributed by atoms with E-state index in [1.807, 2.05) is 13.1 Å². The van der Waals surface area contributed by atoms with Gasteiger partial charge in [-0.25, -0.2) is 15.0 Å². The van der Waals surface area contributed by atoms with Crippen molar-refractivity contribution in [1.82, 2.24) is 19.5 Å². The summed E-state index contributed by atoms with van der Waals surface area (Å²) in [4.78, 5) is 13.0. The van der Waals surface area contributed by atoms with Gasteiger partial charge in [0.1, 0.15) is 11.3 Å². The lowest BCUT2D eigenvalue weighted by Crippen LogP contribution is -2.16. The maximum absolute atomic E-state index is 12.3. The molecule has 0 saturated heterocycles. The van der Waals surface area contributed by atoms with Crippen molar-refractivity contribution in [2.75, 3.05) is 25.1 Å². The van der Waals surface area contributed by atoms with Crippen LogP contribution in [0.2, 0.25) is 0 Å². The third kappa shape index (κ3) is 9.90. The highest BCUT2D eigenvalue weighted by molar-refractivity contribution is 7.22. The van der Waals surface area contributed by atoms with Crippen LogP contribution in [0.15, 0.2) is 36.5 Å². The number of halogens is 3. The first-order valence-corrected chi connectivity index (χ1v) is 14.5. The fraction of sp³-hybridized carbons (Fsp3) is 0.536. The highest BCUT2D eigenvalue weighted by Gasteiger charge is 2.31. The molecule has 1 aromatic carbocycles. The molecular weight excluding hydrogens is 541 g/mol. The Kier molecular flexibility index (Phi) is 12.4. The number of anilines is 2. The highest BCUT2D eigenvalue weighted by Crippen LogP contribution is 2.33. The number of nitrogens with zero attached hydrogens (tertiary/aromatic N) is 4. The molecule has 1 atom stereocenters. The van der Waals surface area contributed by atoms with Gasteiger partial charge >= 0.3 is 6.36 Å². The minimum Gasteiger partial charge on any atom is -0.406 e. The predicted octanol–water partition coefficient (Wildman–Crippen LogP) is 7.57. The van der Waals surface area contributed by atoms with Crippen LogP contribution in [0.3, 0.4) is 0 Å². The lowest BCUT2D eigenvalue weighted by molar-refractivity contribution is -0.274. The first kappa shape index (κ1) is 31.6. The number of hydrogen-bond donors (Lipinski definition) is 2. The van der Waals surface area contributed by atoms with Gasteiger partial charge in [-0.05, 0) is 56.5 Å². The van der Waals surface area contributed by atoms with Gasteiger partial charge in [0.05, 0.1) is 10.2 Å². The monoisotopic (exact) mass is 580 g/mol. The van der Waals surface area contributed by atoms with Crippen LogP contribution < -0.4 is 15.8 Å². The number of imidazole rings is 1. The highest BCUT2D eigenvalue weighted by atomic mass is 32.1. The molecule has 0 fully saturated rings. The molecule has 8 nitrogen and oxygen atoms in total. The van der Waals surface area contributed by atoms with E-state index in [9.17, 15) is 13.2 Å². The summed E-state index contributed by atoms with van der Waals surface area (Å²) in [7, 11) is 1.81. The van der Waals surface area contributed by atoms with Crippen molar-refractivity contribution in [3.63, 3.8) is 0 Å². The molecular formula is C28H39F3N6O2S. The standard InChI is InChI=1S/C15H10F3N5OS.C13H29NO/c1-23-12-10(3-2-6-19-12)20-13(23)22-14-21-9-5-4-8(7-11(9)25-14)24-15(16,17)18;1-3-8-13(10-12-15-4-2)9-6-5-7-11-14/h2-7H,1H3,(H,20,21,22);13H,3-12,14H2,1-2H3. The zero-order chi connectivity index (χ0) is 29.0. The molecule has 0 spiro atoms. The van der Waals surface area contributed by atoms with Gasteiger partial charge in [-0.3, -0.25) is 4.57 Å². The summed E-state index contributed by atoms with van der Waals surface area (Å²) in [6.07, 6.45) is 6.03. The fourth-order valence-corrected chi connectivity index (χ4v) is 5.26. The van der Waals surface area contributed by atoms with Crippen molar-refractivity contribution >= 4 is 43.8 Å². The zero-order valence-electron chi connectivity index (χ0n) is 23.3. The van der Waals surface area contributed by atoms with E-state index in [0.717, 1.165) is 31.2 Å². The number of thiazole rings is 1. The van der Waals surface area contributed by atoms with E-state index < -0.39 is 6.36 Å². The van der Waals surface area contributed by atoms with Gasteiger partial charge in [-0.1, -0.05) is 50.4 Å². The van der Waals surface area contributed by atoms with E-state index in [1.165, 1.54) is 74.5 Å². The quantitative estimate of drug-likeness (QED) is 0.148. The molecule has 220 valence electrons. The van der Waals surface area contributed by atoms with Crippen LogP contribution in [0, 0.1) is 5.92 Å². The van der Waals surface area contributed by atoms with Crippen LogP contribution in [0.25, 0.3) is 21.4 Å². The Hall–Kier alpha value is -2.96. The molecule has 0 amide bonds. The van der Waals surface area contributed by atoms with E-state index in [0.29, 0.717) is 26.9 Å². The number of fused-ring (bicyclic) bond motifs is 2. The van der Waals surface area contributed by atoms with Gasteiger partial charge in [0.25, 0.3) is 0 Å². The normalized spacial score (nSPS) is 12.4. The maximum Gasteiger partial charge on any atom is 0.573 e. The summed E-state index contributed by atoms with van der Waals surface area (Å²) in [5.74, 6) is 1.14. The molecule has 1 unspecified atom stereocenters. The van der Waals surface area contributed by atoms with Gasteiger partial charge in [-0.15, -0.1) is 13.2 Å². The second-order valence-corrected chi connectivity index (χ2v) is 10.5. The van der Waals surface area contributed by atoms with Crippen LogP contribution >= 0.6 is 11.3 Å². The summed E-state index contributed by atoms with van der Waals surface area (Å²) in [6, 6.07) is 7.65. The van der Waals surface area contributed by atoms with Crippen molar-refractivity contribution in [3.8, 4) is 5.75 Å². The lowest BCUT2D eigenvalue weighted by atomic mass is 9.94. The molecule has 40 heavy (non-hydrogen) atoms. The Morgan fingerprint density at radius 2 is 1.88 bits per heavy atom. The topological polar surface area (TPSA) is 100 Å². The van der Waals surface area contributed by atoms with Crippen LogP contribution in [0.5, 0.6) is 5.75 Å². The Morgan fingerprint density at radius 3 is 2.58 bits per heavy atom. The Balaban J connectivity index is 0.000000255. The van der Waals surface area contributed by atoms with Crippen LogP contribution in [0.4, 0.5) is 24.3 Å². The number of alkyl halides is 3. The number of unbranched alkanes of at least 4 members (excludes halogenated alkanes) is 2. The second kappa shape index (κ2) is 15.7. The van der Waals surface area contributed by atoms with E-state index in [4.69, 9.17) is 10.5 Å². The summed E-state index contributed by atoms with van der Waals surface area (Å²) >= 11 is 1.21. The first-order valence-electron chi connectivity index (χ1n) is 13.7. The maximum atomic E-state index is 12.3. The van der Waals surface area contributed by atoms with Crippen molar-refractivity contribution in [1.29, 1.82) is 0 Å². The molecule has 4 aromatic rings. The number of benzene rings is 1. The number of nitrogens with one attached hydrogen (secondary N) is 1. The Bertz CT molecular complexity index is 1310. The van der Waals surface area contributed by atoms with Crippen molar-refractivity contribution in [3.05, 3.63) is 36.5 Å². The Labute approximate surface area is 237 Å². The zero-order valence-corrected chi connectivity index (χ0v) is 24.2. The second-order valence-electron chi connectivity index (χ2n) is 9.44. The summed E-state index contributed by atoms with van der Waals surface area (Å²) in [5, 5.41) is 3.59. The number of ether oxygens (including phenoxy) is 2. The van der Waals surface area contributed by atoms with E-state index >= 15 is 0 Å². The van der Waals surface area contributed by atoms with Gasteiger partial charge in [0, 0.05) is 32.5 Å². The number of nitrogens with two attached hydrogens (primary N) is 1. The first-order chi connectivity index (χ1) is 19.2. The van der Waals surface area contributed by atoms with Crippen molar-refractivity contribution in [2.24, 2.45) is 18.7 Å². The van der Waals surface area contributed by atoms with Gasteiger partial charge in [-0.2, -0.15) is 0 Å². The van der Waals surface area contributed by atoms with Gasteiger partial charge < -0.3 is 20.5 Å². The van der Waals surface area contributed by atoms with E-state index in [-0.39, 0.29) is 5.75 Å². The molecule has 4 rings (SSSR count). The average Bonchev–Trinajstić information content (AvgIpc) is 3.46. The molecule has 0 aliphatic rings. The third-order valence-corrected chi connectivity index (χ3v) is 7.26. The molecule has 12 heteroatoms. The molecule has 0 saturated carbocycles. The van der Waals surface area contributed by atoms with Gasteiger partial charge in [0.2, 0.25) is 5.95 Å². The largest absolute Gasteiger partial charge is 0.573 e. The number of aryl methyl sites for hydroxylation is 1. The third-order valence-electron chi connectivity index (χ3n) is 6.33. The van der Waals surface area contributed by atoms with E-state index in [1.54, 1.807) is 16.8 Å². The summed E-state index contributed by atoms with van der Waals surface area (Å²) in [5.41, 5.74) is 7.50. The average molecular weight is 581 g/mol. The Morgan fingerprint density at radius 1 is 1.05 bits per heavy atom. The van der Waals surface area contributed by atoms with Crippen molar-refractivity contribution < 1.29 is 22.6 Å². The van der Waals surface area contributed by atoms with Crippen LogP contribution in [0.1, 0.15) is 58.8 Å². The van der Waals surface area contributed by atoms with Crippen LogP contribution in [-0.2, 0) is 11.8 Å². The molecule has 0 aliphatic heterocycles. The fourth-order valence-electron chi connectivity index (χ4n) is 4.38. The molecule has 3 N–H and O–H groups in total. The molecule has 0 bridgehead atoms. The number of hydrogen-bond acceptors (Lipinski definition) is 8. The van der Waals surface area contributed by atoms with Gasteiger partial charge in [0.15, 0.2) is 10.8 Å². The molecule has 3 heterocycles. The van der Waals surface area contributed by atoms with E-state index in [2.05, 4.69) is 38.9 Å². The number of rotatable bonds is 14. The minimum absolute atomic E-state index is 0.276.